The third kappa shape index (κ3) is 13.5. The minimum absolute atomic E-state index is 0.0448. The first-order valence-corrected chi connectivity index (χ1v) is 22.8. The third-order valence-electron chi connectivity index (χ3n) is 12.1. The zero-order valence-electron chi connectivity index (χ0n) is 37.6. The van der Waals surface area contributed by atoms with E-state index in [2.05, 4.69) is 38.0 Å². The average molecular weight is 809 g/mol. The van der Waals surface area contributed by atoms with Crippen LogP contribution < -0.4 is 0 Å². The number of aliphatic hydroxyl groups is 1. The van der Waals surface area contributed by atoms with Crippen molar-refractivity contribution in [2.45, 2.75) is 219 Å². The molecule has 0 aromatic carbocycles. The van der Waals surface area contributed by atoms with Crippen molar-refractivity contribution >= 4 is 18.2 Å². The molecule has 0 unspecified atom stereocenters. The maximum absolute atomic E-state index is 12.5. The number of nitrogens with zero attached hydrogens (tertiary/aromatic N) is 2. The highest BCUT2D eigenvalue weighted by Crippen LogP contribution is 2.54. The Kier molecular flexibility index (Phi) is 15.9. The summed E-state index contributed by atoms with van der Waals surface area (Å²) in [7, 11) is 0. The Bertz CT molecular complexity index is 1620. The highest BCUT2D eigenvalue weighted by atomic mass is 16.6. The van der Waals surface area contributed by atoms with Crippen LogP contribution in [-0.2, 0) is 23.9 Å². The van der Waals surface area contributed by atoms with E-state index in [1.54, 1.807) is 0 Å². The van der Waals surface area contributed by atoms with Crippen molar-refractivity contribution in [2.24, 2.45) is 23.7 Å². The molecule has 10 heteroatoms. The van der Waals surface area contributed by atoms with E-state index in [9.17, 15) is 19.5 Å². The number of hydrogen-bond acceptors (Lipinski definition) is 10. The van der Waals surface area contributed by atoms with Gasteiger partial charge >= 0.3 is 11.9 Å². The molecule has 4 aliphatic carbocycles. The van der Waals surface area contributed by atoms with Gasteiger partial charge in [0, 0.05) is 47.8 Å². The molecule has 0 aliphatic heterocycles. The van der Waals surface area contributed by atoms with Crippen molar-refractivity contribution in [3.63, 3.8) is 0 Å². The predicted molar refractivity (Wildman–Crippen MR) is 225 cm³/mol. The van der Waals surface area contributed by atoms with Crippen LogP contribution in [0.5, 0.6) is 0 Å². The molecule has 0 radical (unpaired) electrons. The maximum Gasteiger partial charge on any atom is 0.306 e. The topological polar surface area (TPSA) is 142 Å². The van der Waals surface area contributed by atoms with Crippen LogP contribution in [0.25, 0.3) is 0 Å². The van der Waals surface area contributed by atoms with Gasteiger partial charge in [0.25, 0.3) is 0 Å². The highest BCUT2D eigenvalue weighted by molar-refractivity contribution is 5.71. The molecule has 0 bridgehead atoms. The van der Waals surface area contributed by atoms with Gasteiger partial charge in [0.15, 0.2) is 0 Å². The zero-order chi connectivity index (χ0) is 42.4. The van der Waals surface area contributed by atoms with Crippen LogP contribution in [0.3, 0.4) is 0 Å². The Labute approximate surface area is 348 Å². The van der Waals surface area contributed by atoms with E-state index in [1.165, 1.54) is 62.5 Å². The lowest BCUT2D eigenvalue weighted by Crippen LogP contribution is -2.25. The van der Waals surface area contributed by atoms with Gasteiger partial charge in [-0.2, -0.15) is 0 Å². The number of aliphatic hydroxyl groups excluding tert-OH is 1. The Morgan fingerprint density at radius 1 is 0.690 bits per heavy atom. The Hall–Kier alpha value is -3.01. The van der Waals surface area contributed by atoms with E-state index in [4.69, 9.17) is 18.5 Å². The first-order chi connectivity index (χ1) is 27.3. The van der Waals surface area contributed by atoms with Crippen molar-refractivity contribution in [3.8, 4) is 0 Å². The van der Waals surface area contributed by atoms with E-state index in [0.29, 0.717) is 49.4 Å². The fourth-order valence-corrected chi connectivity index (χ4v) is 9.45. The van der Waals surface area contributed by atoms with Gasteiger partial charge in [-0.15, -0.1) is 0 Å². The first-order valence-electron chi connectivity index (χ1n) is 22.8. The molecule has 326 valence electrons. The summed E-state index contributed by atoms with van der Waals surface area (Å²) in [6.07, 6.45) is 15.9. The molecule has 2 heterocycles. The van der Waals surface area contributed by atoms with Crippen molar-refractivity contribution in [3.05, 3.63) is 34.0 Å². The molecule has 10 nitrogen and oxygen atoms in total. The van der Waals surface area contributed by atoms with E-state index in [-0.39, 0.29) is 36.8 Å². The van der Waals surface area contributed by atoms with Gasteiger partial charge in [0.2, 0.25) is 0 Å². The molecule has 4 saturated carbocycles. The van der Waals surface area contributed by atoms with Gasteiger partial charge in [-0.25, -0.2) is 0 Å². The smallest absolute Gasteiger partial charge is 0.306 e. The van der Waals surface area contributed by atoms with Gasteiger partial charge in [0.1, 0.15) is 29.0 Å². The summed E-state index contributed by atoms with van der Waals surface area (Å²) in [6, 6.07) is 0. The molecule has 0 saturated heterocycles. The van der Waals surface area contributed by atoms with Gasteiger partial charge in [-0.05, 0) is 161 Å². The number of hydrogen-bond donors (Lipinski definition) is 1. The van der Waals surface area contributed by atoms with Crippen LogP contribution in [0.1, 0.15) is 242 Å². The van der Waals surface area contributed by atoms with Crippen molar-refractivity contribution in [1.82, 2.24) is 10.3 Å². The fourth-order valence-electron chi connectivity index (χ4n) is 9.45. The lowest BCUT2D eigenvalue weighted by molar-refractivity contribution is -0.156. The molecule has 6 rings (SSSR count). The van der Waals surface area contributed by atoms with Crippen LogP contribution in [0.4, 0.5) is 0 Å². The molecule has 2 atom stereocenters. The third-order valence-corrected chi connectivity index (χ3v) is 12.1. The molecule has 0 amide bonds. The summed E-state index contributed by atoms with van der Waals surface area (Å²) < 4.78 is 22.9. The average Bonchev–Trinajstić information content (AvgIpc) is 4.01. The monoisotopic (exact) mass is 809 g/mol. The number of aldehydes is 1. The summed E-state index contributed by atoms with van der Waals surface area (Å²) >= 11 is 0. The van der Waals surface area contributed by atoms with Crippen molar-refractivity contribution < 1.29 is 38.0 Å². The number of rotatable bonds is 20. The molecule has 58 heavy (non-hydrogen) atoms. The number of ether oxygens (including phenoxy) is 2. The normalized spacial score (nSPS) is 23.1. The van der Waals surface area contributed by atoms with Crippen LogP contribution in [-0.4, -0.2) is 51.5 Å². The number of carbonyl (C=O) groups is 3. The molecule has 4 fully saturated rings. The summed E-state index contributed by atoms with van der Waals surface area (Å²) in [5, 5.41) is 18.3. The van der Waals surface area contributed by atoms with Crippen LogP contribution in [0.2, 0.25) is 0 Å². The first kappa shape index (κ1) is 46.1. The van der Waals surface area contributed by atoms with E-state index >= 15 is 0 Å². The summed E-state index contributed by atoms with van der Waals surface area (Å²) in [4.78, 5) is 36.0. The molecule has 4 aliphatic rings. The molecule has 1 N–H and O–H groups in total. The lowest BCUT2D eigenvalue weighted by Gasteiger charge is -2.35. The number of carbonyl (C=O) groups excluding carboxylic acids is 3. The molecular formula is C48H76N2O8. The van der Waals surface area contributed by atoms with Crippen molar-refractivity contribution in [1.29, 1.82) is 0 Å². The van der Waals surface area contributed by atoms with Gasteiger partial charge in [-0.1, -0.05) is 38.0 Å². The van der Waals surface area contributed by atoms with E-state index < -0.39 is 11.2 Å². The Balaban J connectivity index is 0.000000221. The summed E-state index contributed by atoms with van der Waals surface area (Å²) in [6.45, 7) is 20.6. The van der Waals surface area contributed by atoms with Crippen molar-refractivity contribution in [2.75, 3.05) is 6.61 Å². The fraction of sp³-hybridized carbons (Fsp3) is 0.812. The molecular weight excluding hydrogens is 733 g/mol. The second kappa shape index (κ2) is 20.0. The number of aromatic nitrogens is 2. The second-order valence-corrected chi connectivity index (χ2v) is 21.2. The molecule has 0 spiro atoms. The molecule has 2 aromatic rings. The van der Waals surface area contributed by atoms with Crippen LogP contribution >= 0.6 is 0 Å². The summed E-state index contributed by atoms with van der Waals surface area (Å²) in [5.41, 5.74) is 3.38. The molecule has 2 aromatic heterocycles. The van der Waals surface area contributed by atoms with E-state index in [1.807, 2.05) is 41.5 Å². The minimum Gasteiger partial charge on any atom is -0.460 e. The van der Waals surface area contributed by atoms with E-state index in [0.717, 1.165) is 72.1 Å². The Morgan fingerprint density at radius 2 is 1.09 bits per heavy atom. The highest BCUT2D eigenvalue weighted by Gasteiger charge is 2.43. The minimum atomic E-state index is -0.516. The SMILES string of the molecule is CC(C)CC1CC(c2onc([C@@H](CCC=O)CC(=O)OC(C)(C)C)c2C2CC2)C1.CC(C)CC1CC(c2onc([C@@H](CCCO)CC(=O)OC(C)(C)C)c2C2CC2)C1. The standard InChI is InChI=1S/C24H39NO4.C24H37NO4/c2*1-15(2)11-16-12-19(13-16)23-21(17-8-9-17)22(25-29-23)18(7-6-10-26)14-20(27)28-24(3,4)5/h15-19,26H,6-14H2,1-5H3;10,15-19H,6-9,11-14H2,1-5H3/t2*16?,18-,19?/m00/s1. The lowest BCUT2D eigenvalue weighted by atomic mass is 9.69. The quantitative estimate of drug-likeness (QED) is 0.101. The largest absolute Gasteiger partial charge is 0.460 e. The van der Waals surface area contributed by atoms with Crippen LogP contribution in [0, 0.1) is 23.7 Å². The zero-order valence-corrected chi connectivity index (χ0v) is 37.6. The van der Waals surface area contributed by atoms with Gasteiger partial charge < -0.3 is 28.4 Å². The van der Waals surface area contributed by atoms with Crippen LogP contribution in [0.15, 0.2) is 9.05 Å². The number of esters is 2. The predicted octanol–water partition coefficient (Wildman–Crippen LogP) is 11.6. The Morgan fingerprint density at radius 3 is 1.41 bits per heavy atom. The van der Waals surface area contributed by atoms with Gasteiger partial charge in [0.05, 0.1) is 24.2 Å². The summed E-state index contributed by atoms with van der Waals surface area (Å²) in [5.74, 6) is 6.59. The maximum atomic E-state index is 12.5. The van der Waals surface area contributed by atoms with Gasteiger partial charge in [-0.3, -0.25) is 9.59 Å². The second-order valence-electron chi connectivity index (χ2n) is 21.2.